The van der Waals surface area contributed by atoms with E-state index >= 15 is 0 Å². The zero-order valence-corrected chi connectivity index (χ0v) is 11.6. The quantitative estimate of drug-likeness (QED) is 0.529. The van der Waals surface area contributed by atoms with E-state index < -0.39 is 4.92 Å². The Morgan fingerprint density at radius 3 is 2.48 bits per heavy atom. The molecule has 21 heavy (non-hydrogen) atoms. The van der Waals surface area contributed by atoms with Crippen LogP contribution >= 0.6 is 11.8 Å². The lowest BCUT2D eigenvalue weighted by molar-refractivity contribution is -0.384. The summed E-state index contributed by atoms with van der Waals surface area (Å²) in [6.07, 6.45) is 1.63. The monoisotopic (exact) mass is 298 g/mol. The first-order chi connectivity index (χ1) is 10.1. The van der Waals surface area contributed by atoms with Gasteiger partial charge in [-0.05, 0) is 24.3 Å². The minimum atomic E-state index is -0.449. The fourth-order valence-corrected chi connectivity index (χ4v) is 2.94. The minimum Gasteiger partial charge on any atom is -0.360 e. The second-order valence-electron chi connectivity index (χ2n) is 4.38. The number of anilines is 1. The Hall–Kier alpha value is -2.60. The molecular formula is C15H10N2O3S. The zero-order chi connectivity index (χ0) is 14.8. The average molecular weight is 298 g/mol. The topological polar surface area (TPSA) is 72.2 Å². The molecule has 0 bridgehead atoms. The number of thioether (sulfide) groups is 1. The largest absolute Gasteiger partial charge is 0.360 e. The molecule has 6 heteroatoms. The fourth-order valence-electron chi connectivity index (χ4n) is 1.96. The molecule has 2 aromatic rings. The van der Waals surface area contributed by atoms with Crippen molar-refractivity contribution in [2.24, 2.45) is 0 Å². The van der Waals surface area contributed by atoms with Crippen molar-refractivity contribution in [1.29, 1.82) is 0 Å². The van der Waals surface area contributed by atoms with Gasteiger partial charge >= 0.3 is 0 Å². The van der Waals surface area contributed by atoms with Crippen LogP contribution in [0.2, 0.25) is 0 Å². The Kier molecular flexibility index (Phi) is 3.45. The third-order valence-corrected chi connectivity index (χ3v) is 4.12. The number of hydrogen-bond donors (Lipinski definition) is 1. The maximum absolute atomic E-state index is 12.1. The number of allylic oxidation sites excluding steroid dienone is 1. The van der Waals surface area contributed by atoms with Crippen molar-refractivity contribution in [1.82, 2.24) is 0 Å². The molecule has 0 aliphatic carbocycles. The highest BCUT2D eigenvalue weighted by Gasteiger charge is 2.25. The molecular weight excluding hydrogens is 288 g/mol. The summed E-state index contributed by atoms with van der Waals surface area (Å²) in [5.74, 6) is -0.00925. The summed E-state index contributed by atoms with van der Waals surface area (Å²) >= 11 is 1.41. The second kappa shape index (κ2) is 5.41. The van der Waals surface area contributed by atoms with Crippen molar-refractivity contribution in [3.8, 4) is 0 Å². The predicted octanol–water partition coefficient (Wildman–Crippen LogP) is 3.84. The van der Waals surface area contributed by atoms with Crippen molar-refractivity contribution in [3.05, 3.63) is 75.3 Å². The Morgan fingerprint density at radius 2 is 1.81 bits per heavy atom. The molecule has 0 aromatic heterocycles. The highest BCUT2D eigenvalue weighted by atomic mass is 32.2. The van der Waals surface area contributed by atoms with Crippen LogP contribution in [0.4, 0.5) is 11.4 Å². The molecule has 0 fully saturated rings. The molecule has 0 spiro atoms. The summed E-state index contributed by atoms with van der Waals surface area (Å²) in [7, 11) is 0. The van der Waals surface area contributed by atoms with E-state index in [4.69, 9.17) is 0 Å². The molecule has 0 amide bonds. The number of benzene rings is 2. The summed E-state index contributed by atoms with van der Waals surface area (Å²) in [5, 5.41) is 13.6. The molecule has 5 nitrogen and oxygen atoms in total. The first-order valence-electron chi connectivity index (χ1n) is 6.18. The van der Waals surface area contributed by atoms with Crippen molar-refractivity contribution in [2.75, 3.05) is 5.32 Å². The van der Waals surface area contributed by atoms with E-state index in [0.29, 0.717) is 16.2 Å². The van der Waals surface area contributed by atoms with Crippen LogP contribution in [0.25, 0.3) is 0 Å². The zero-order valence-electron chi connectivity index (χ0n) is 10.8. The van der Waals surface area contributed by atoms with Crippen LogP contribution in [-0.4, -0.2) is 10.7 Å². The number of ketones is 1. The van der Waals surface area contributed by atoms with Gasteiger partial charge in [0.25, 0.3) is 5.69 Å². The lowest BCUT2D eigenvalue weighted by Crippen LogP contribution is -1.97. The second-order valence-corrected chi connectivity index (χ2v) is 5.47. The van der Waals surface area contributed by atoms with Crippen molar-refractivity contribution >= 4 is 28.9 Å². The van der Waals surface area contributed by atoms with Gasteiger partial charge in [-0.25, -0.2) is 0 Å². The number of nitro groups is 1. The third-order valence-electron chi connectivity index (χ3n) is 3.02. The molecule has 1 N–H and O–H groups in total. The summed E-state index contributed by atoms with van der Waals surface area (Å²) in [6, 6.07) is 13.5. The number of nitro benzene ring substituents is 1. The van der Waals surface area contributed by atoms with Crippen LogP contribution < -0.4 is 5.32 Å². The van der Waals surface area contributed by atoms with Crippen LogP contribution in [-0.2, 0) is 0 Å². The van der Waals surface area contributed by atoms with Gasteiger partial charge in [-0.1, -0.05) is 23.9 Å². The van der Waals surface area contributed by atoms with Gasteiger partial charge in [0.2, 0.25) is 5.78 Å². The highest BCUT2D eigenvalue weighted by molar-refractivity contribution is 8.04. The average Bonchev–Trinajstić information content (AvgIpc) is 2.82. The van der Waals surface area contributed by atoms with Crippen LogP contribution in [0.1, 0.15) is 10.4 Å². The van der Waals surface area contributed by atoms with Crippen LogP contribution in [0.5, 0.6) is 0 Å². The number of rotatable bonds is 3. The van der Waals surface area contributed by atoms with Crippen LogP contribution in [0.3, 0.4) is 0 Å². The van der Waals surface area contributed by atoms with Crippen molar-refractivity contribution in [2.45, 2.75) is 4.90 Å². The van der Waals surface area contributed by atoms with E-state index in [2.05, 4.69) is 5.32 Å². The predicted molar refractivity (Wildman–Crippen MR) is 81.4 cm³/mol. The molecule has 1 heterocycles. The Morgan fingerprint density at radius 1 is 1.10 bits per heavy atom. The number of non-ortho nitro benzene ring substituents is 1. The van der Waals surface area contributed by atoms with Gasteiger partial charge in [0, 0.05) is 34.5 Å². The van der Waals surface area contributed by atoms with Gasteiger partial charge in [0.05, 0.1) is 9.83 Å². The molecule has 104 valence electrons. The van der Waals surface area contributed by atoms with Gasteiger partial charge in [-0.15, -0.1) is 0 Å². The van der Waals surface area contributed by atoms with Gasteiger partial charge in [-0.3, -0.25) is 14.9 Å². The fraction of sp³-hybridized carbons (Fsp3) is 0. The number of fused-ring (bicyclic) bond motifs is 1. The maximum Gasteiger partial charge on any atom is 0.269 e. The van der Waals surface area contributed by atoms with E-state index in [1.807, 2.05) is 18.2 Å². The molecule has 2 aromatic carbocycles. The summed E-state index contributed by atoms with van der Waals surface area (Å²) < 4.78 is 0. The number of Topliss-reactive ketones (excluding diaryl/α,β-unsaturated/α-hetero) is 1. The summed E-state index contributed by atoms with van der Waals surface area (Å²) in [4.78, 5) is 23.8. The number of nitrogens with zero attached hydrogens (tertiary/aromatic N) is 1. The molecule has 0 atom stereocenters. The molecule has 1 aliphatic heterocycles. The number of nitrogens with one attached hydrogen (secondary N) is 1. The van der Waals surface area contributed by atoms with E-state index in [1.165, 1.54) is 23.9 Å². The lowest BCUT2D eigenvalue weighted by atomic mass is 10.1. The number of hydrogen-bond acceptors (Lipinski definition) is 5. The van der Waals surface area contributed by atoms with Gasteiger partial charge in [-0.2, -0.15) is 0 Å². The number of carbonyl (C=O) groups excluding carboxylic acids is 1. The molecule has 0 radical (unpaired) electrons. The first kappa shape index (κ1) is 13.4. The van der Waals surface area contributed by atoms with Crippen LogP contribution in [0.15, 0.2) is 64.5 Å². The van der Waals surface area contributed by atoms with E-state index in [9.17, 15) is 14.9 Å². The van der Waals surface area contributed by atoms with Crippen molar-refractivity contribution < 1.29 is 9.72 Å². The Labute approximate surface area is 124 Å². The molecule has 0 saturated carbocycles. The molecule has 0 unspecified atom stereocenters. The molecule has 0 saturated heterocycles. The van der Waals surface area contributed by atoms with Gasteiger partial charge in [0.1, 0.15) is 0 Å². The van der Waals surface area contributed by atoms with Crippen LogP contribution in [0, 0.1) is 10.1 Å². The van der Waals surface area contributed by atoms with E-state index in [-0.39, 0.29) is 11.5 Å². The van der Waals surface area contributed by atoms with Gasteiger partial charge < -0.3 is 5.32 Å². The Balaban J connectivity index is 1.76. The van der Waals surface area contributed by atoms with Gasteiger partial charge in [0.15, 0.2) is 0 Å². The molecule has 3 rings (SSSR count). The first-order valence-corrected chi connectivity index (χ1v) is 6.99. The third kappa shape index (κ3) is 2.66. The normalized spacial score (nSPS) is 15.0. The Bertz CT molecular complexity index is 754. The maximum atomic E-state index is 12.1. The summed E-state index contributed by atoms with van der Waals surface area (Å²) in [5.41, 5.74) is 1.43. The van der Waals surface area contributed by atoms with E-state index in [1.54, 1.807) is 24.4 Å². The molecule has 1 aliphatic rings. The van der Waals surface area contributed by atoms with E-state index in [0.717, 1.165) is 4.90 Å². The summed E-state index contributed by atoms with van der Waals surface area (Å²) in [6.45, 7) is 0. The SMILES string of the molecule is O=C1C(=CNc2ccc([N+](=O)[O-])cc2)Sc2ccccc21. The lowest BCUT2D eigenvalue weighted by Gasteiger charge is -2.01. The number of carbonyl (C=O) groups is 1. The van der Waals surface area contributed by atoms with Crippen molar-refractivity contribution in [3.63, 3.8) is 0 Å². The smallest absolute Gasteiger partial charge is 0.269 e. The minimum absolute atomic E-state index is 0.00925. The highest BCUT2D eigenvalue weighted by Crippen LogP contribution is 2.39. The standard InChI is InChI=1S/C15H10N2O3S/c18-15-12-3-1-2-4-13(12)21-14(15)9-16-10-5-7-11(8-6-10)17(19)20/h1-9,16H.